The van der Waals surface area contributed by atoms with E-state index >= 15 is 0 Å². The Morgan fingerprint density at radius 3 is 2.51 bits per heavy atom. The number of carbonyl (C=O) groups excluding carboxylic acids is 1. The normalized spacial score (nSPS) is 36.5. The summed E-state index contributed by atoms with van der Waals surface area (Å²) in [5, 5.41) is 75.9. The van der Waals surface area contributed by atoms with Gasteiger partial charge in [-0.05, 0) is 45.1 Å². The molecule has 3 heterocycles. The average Bonchev–Trinajstić information content (AvgIpc) is 3.54. The first-order valence-corrected chi connectivity index (χ1v) is 15.9. The highest BCUT2D eigenvalue weighted by atomic mass is 16.8. The van der Waals surface area contributed by atoms with Gasteiger partial charge in [-0.2, -0.15) is 0 Å². The van der Waals surface area contributed by atoms with E-state index in [4.69, 9.17) is 23.7 Å². The molecule has 0 bridgehead atoms. The van der Waals surface area contributed by atoms with Crippen LogP contribution in [-0.2, 0) is 33.3 Å². The van der Waals surface area contributed by atoms with Crippen LogP contribution in [0, 0.1) is 17.8 Å². The van der Waals surface area contributed by atoms with Gasteiger partial charge in [0.15, 0.2) is 12.4 Å². The molecule has 1 aliphatic carbocycles. The number of esters is 1. The van der Waals surface area contributed by atoms with E-state index in [1.807, 2.05) is 0 Å². The third-order valence-electron chi connectivity index (χ3n) is 9.17. The van der Waals surface area contributed by atoms with Crippen LogP contribution in [-0.4, -0.2) is 148 Å². The number of aliphatic carboxylic acids is 1. The van der Waals surface area contributed by atoms with Gasteiger partial charge in [-0.15, -0.1) is 6.58 Å². The van der Waals surface area contributed by atoms with Crippen LogP contribution in [0.15, 0.2) is 36.6 Å². The summed E-state index contributed by atoms with van der Waals surface area (Å²) in [6, 6.07) is 0. The fraction of sp³-hybridized carbons (Fsp3) is 0.742. The first kappa shape index (κ1) is 37.3. The maximum Gasteiger partial charge on any atom is 0.340 e. The number of aliphatic hydroxyl groups excluding tert-OH is 3. The minimum atomic E-state index is -2.95. The number of aliphatic hydroxyl groups is 6. The standard InChI is InChI=1S/C31H48N2O14/c1-3-21-28(47-29-25(44-17-32-2)31(41,42)24(36)23(15-35)46-29)43-16-22(27(39)45-20-6-4-5-7-20)30(21,40)9-8-18-12-19(26(37)38)14-33(13-18)10-11-34/h3,8-9,16,18-21,23-25,28-29,32,34-36,40-42H,1,4-7,10-15,17H2,2H3,(H,37,38). The van der Waals surface area contributed by atoms with E-state index in [-0.39, 0.29) is 44.5 Å². The van der Waals surface area contributed by atoms with Gasteiger partial charge in [0.25, 0.3) is 0 Å². The number of carboxylic acid groups (broad SMARTS) is 1. The lowest BCUT2D eigenvalue weighted by atomic mass is 9.77. The van der Waals surface area contributed by atoms with Gasteiger partial charge < -0.3 is 59.4 Å². The number of piperidine rings is 1. The Morgan fingerprint density at radius 2 is 1.89 bits per heavy atom. The van der Waals surface area contributed by atoms with E-state index in [0.717, 1.165) is 19.1 Å². The zero-order valence-corrected chi connectivity index (χ0v) is 26.4. The molecule has 266 valence electrons. The smallest absolute Gasteiger partial charge is 0.340 e. The summed E-state index contributed by atoms with van der Waals surface area (Å²) in [6.07, 6.45) is -0.176. The van der Waals surface area contributed by atoms with Crippen molar-refractivity contribution in [2.45, 2.75) is 80.5 Å². The minimum Gasteiger partial charge on any atom is -0.481 e. The van der Waals surface area contributed by atoms with E-state index in [9.17, 15) is 45.3 Å². The number of hydrogen-bond acceptors (Lipinski definition) is 15. The van der Waals surface area contributed by atoms with Crippen LogP contribution >= 0.6 is 0 Å². The first-order valence-electron chi connectivity index (χ1n) is 15.9. The van der Waals surface area contributed by atoms with Crippen molar-refractivity contribution in [1.29, 1.82) is 0 Å². The Bertz CT molecular complexity index is 1140. The summed E-state index contributed by atoms with van der Waals surface area (Å²) >= 11 is 0. The van der Waals surface area contributed by atoms with Gasteiger partial charge in [0, 0.05) is 19.6 Å². The van der Waals surface area contributed by atoms with Crippen LogP contribution in [0.2, 0.25) is 0 Å². The summed E-state index contributed by atoms with van der Waals surface area (Å²) in [5.41, 5.74) is -2.45. The lowest BCUT2D eigenvalue weighted by molar-refractivity contribution is -0.412. The molecule has 3 fully saturated rings. The Hall–Kier alpha value is -2.48. The number of likely N-dealkylation sites (tertiary alicyclic amines) is 1. The van der Waals surface area contributed by atoms with Crippen molar-refractivity contribution in [3.8, 4) is 0 Å². The predicted molar refractivity (Wildman–Crippen MR) is 161 cm³/mol. The predicted octanol–water partition coefficient (Wildman–Crippen LogP) is -1.85. The van der Waals surface area contributed by atoms with Crippen molar-refractivity contribution in [3.63, 3.8) is 0 Å². The Balaban J connectivity index is 1.67. The summed E-state index contributed by atoms with van der Waals surface area (Å²) in [4.78, 5) is 27.2. The molecule has 0 radical (unpaired) electrons. The molecule has 2 saturated heterocycles. The topological polar surface area (TPSA) is 237 Å². The second-order valence-electron chi connectivity index (χ2n) is 12.5. The number of carbonyl (C=O) groups is 2. The molecule has 3 aliphatic heterocycles. The van der Waals surface area contributed by atoms with E-state index in [2.05, 4.69) is 11.9 Å². The molecule has 0 amide bonds. The number of β-amino-alcohol motifs (C(OH)–C–C–N with tert-alkyl or cyclic N) is 1. The molecule has 16 heteroatoms. The van der Waals surface area contributed by atoms with Gasteiger partial charge in [0.1, 0.15) is 35.7 Å². The van der Waals surface area contributed by atoms with E-state index in [1.54, 1.807) is 11.0 Å². The molecular formula is C31H48N2O14. The fourth-order valence-corrected chi connectivity index (χ4v) is 6.61. The molecular weight excluding hydrogens is 624 g/mol. The maximum absolute atomic E-state index is 13.5. The first-order chi connectivity index (χ1) is 22.4. The van der Waals surface area contributed by atoms with E-state index < -0.39 is 78.6 Å². The number of rotatable bonds is 14. The lowest BCUT2D eigenvalue weighted by Gasteiger charge is -2.48. The molecule has 9 unspecified atom stereocenters. The second-order valence-corrected chi connectivity index (χ2v) is 12.5. The monoisotopic (exact) mass is 672 g/mol. The number of nitrogens with zero attached hydrogens (tertiary/aromatic N) is 1. The molecule has 1 saturated carbocycles. The summed E-state index contributed by atoms with van der Waals surface area (Å²) < 4.78 is 28.6. The lowest BCUT2D eigenvalue weighted by Crippen LogP contribution is -2.69. The highest BCUT2D eigenvalue weighted by Gasteiger charge is 2.58. The van der Waals surface area contributed by atoms with Gasteiger partial charge in [0.2, 0.25) is 12.1 Å². The Morgan fingerprint density at radius 1 is 1.17 bits per heavy atom. The number of carboxylic acids is 1. The summed E-state index contributed by atoms with van der Waals surface area (Å²) in [7, 11) is 1.53. The van der Waals surface area contributed by atoms with Gasteiger partial charge in [-0.1, -0.05) is 18.2 Å². The number of nitrogens with one attached hydrogen (secondary N) is 1. The van der Waals surface area contributed by atoms with Gasteiger partial charge in [0.05, 0.1) is 31.8 Å². The van der Waals surface area contributed by atoms with Gasteiger partial charge >= 0.3 is 11.9 Å². The van der Waals surface area contributed by atoms with Crippen molar-refractivity contribution >= 4 is 11.9 Å². The molecule has 16 nitrogen and oxygen atoms in total. The number of hydrogen-bond donors (Lipinski definition) is 8. The molecule has 0 aromatic carbocycles. The van der Waals surface area contributed by atoms with Crippen LogP contribution < -0.4 is 5.32 Å². The summed E-state index contributed by atoms with van der Waals surface area (Å²) in [5.74, 6) is -7.16. The Kier molecular flexibility index (Phi) is 12.9. The SMILES string of the molecule is C=CC1C(OC2OC(CO)C(O)C(O)(O)C2OCNC)OC=C(C(=O)OC2CCCC2)C1(O)C=CC1CC(C(=O)O)CN(CCO)C1. The van der Waals surface area contributed by atoms with Gasteiger partial charge in [-0.3, -0.25) is 15.0 Å². The molecule has 47 heavy (non-hydrogen) atoms. The highest BCUT2D eigenvalue weighted by molar-refractivity contribution is 5.91. The molecule has 4 rings (SSSR count). The Labute approximate surface area is 272 Å². The molecule has 9 atom stereocenters. The zero-order chi connectivity index (χ0) is 34.4. The average molecular weight is 673 g/mol. The number of ether oxygens (including phenoxy) is 5. The van der Waals surface area contributed by atoms with E-state index in [0.29, 0.717) is 19.4 Å². The van der Waals surface area contributed by atoms with Crippen LogP contribution in [0.1, 0.15) is 32.1 Å². The van der Waals surface area contributed by atoms with Crippen LogP contribution in [0.5, 0.6) is 0 Å². The highest BCUT2D eigenvalue weighted by Crippen LogP contribution is 2.41. The third-order valence-corrected chi connectivity index (χ3v) is 9.17. The van der Waals surface area contributed by atoms with Gasteiger partial charge in [-0.25, -0.2) is 4.79 Å². The van der Waals surface area contributed by atoms with Crippen molar-refractivity contribution in [2.24, 2.45) is 17.8 Å². The molecule has 0 spiro atoms. The molecule has 4 aliphatic rings. The fourth-order valence-electron chi connectivity index (χ4n) is 6.61. The van der Waals surface area contributed by atoms with Crippen molar-refractivity contribution in [3.05, 3.63) is 36.6 Å². The second kappa shape index (κ2) is 16.3. The third kappa shape index (κ3) is 8.40. The van der Waals surface area contributed by atoms with Crippen LogP contribution in [0.4, 0.5) is 0 Å². The summed E-state index contributed by atoms with van der Waals surface area (Å²) in [6.45, 7) is 3.52. The van der Waals surface area contributed by atoms with Crippen LogP contribution in [0.25, 0.3) is 0 Å². The van der Waals surface area contributed by atoms with Crippen molar-refractivity contribution in [2.75, 3.05) is 46.6 Å². The minimum absolute atomic E-state index is 0.166. The zero-order valence-electron chi connectivity index (χ0n) is 26.4. The molecule has 8 N–H and O–H groups in total. The van der Waals surface area contributed by atoms with Crippen molar-refractivity contribution in [1.82, 2.24) is 10.2 Å². The van der Waals surface area contributed by atoms with E-state index in [1.165, 1.54) is 19.2 Å². The molecule has 0 aromatic rings. The quantitative estimate of drug-likeness (QED) is 0.0575. The van der Waals surface area contributed by atoms with Crippen molar-refractivity contribution < 1.29 is 69.0 Å². The molecule has 0 aromatic heterocycles. The largest absolute Gasteiger partial charge is 0.481 e. The maximum atomic E-state index is 13.5. The van der Waals surface area contributed by atoms with Crippen LogP contribution in [0.3, 0.4) is 0 Å².